The van der Waals surface area contributed by atoms with E-state index in [1.807, 2.05) is 6.92 Å². The van der Waals surface area contributed by atoms with Crippen LogP contribution in [0.2, 0.25) is 0 Å². The molecule has 1 aromatic rings. The third-order valence-electron chi connectivity index (χ3n) is 2.35. The number of aromatic nitrogens is 1. The quantitative estimate of drug-likeness (QED) is 0.709. The second-order valence-electron chi connectivity index (χ2n) is 3.71. The van der Waals surface area contributed by atoms with Gasteiger partial charge in [-0.15, -0.1) is 0 Å². The molecule has 0 N–H and O–H groups in total. The van der Waals surface area contributed by atoms with Crippen LogP contribution in [0.25, 0.3) is 0 Å². The number of ketones is 1. The zero-order valence-electron chi connectivity index (χ0n) is 9.19. The van der Waals surface area contributed by atoms with Gasteiger partial charge in [-0.1, -0.05) is 0 Å². The van der Waals surface area contributed by atoms with Gasteiger partial charge in [0, 0.05) is 6.92 Å². The van der Waals surface area contributed by atoms with Crippen LogP contribution < -0.4 is 4.90 Å². The maximum atomic E-state index is 11.3. The van der Waals surface area contributed by atoms with E-state index >= 15 is 0 Å². The Kier molecular flexibility index (Phi) is 2.60. The molecular formula is C11H12N2O3. The van der Waals surface area contributed by atoms with Gasteiger partial charge < -0.3 is 4.74 Å². The minimum Gasteiger partial charge on any atom is -0.447 e. The highest BCUT2D eigenvalue weighted by Crippen LogP contribution is 2.18. The molecule has 1 fully saturated rings. The monoisotopic (exact) mass is 220 g/mol. The van der Waals surface area contributed by atoms with Crippen molar-refractivity contribution in [2.24, 2.45) is 0 Å². The molecule has 0 atom stereocenters. The summed E-state index contributed by atoms with van der Waals surface area (Å²) in [4.78, 5) is 28.2. The lowest BCUT2D eigenvalue weighted by molar-refractivity contribution is 0.101. The molecule has 0 saturated carbocycles. The summed E-state index contributed by atoms with van der Waals surface area (Å²) in [5, 5.41) is 0. The zero-order valence-corrected chi connectivity index (χ0v) is 9.19. The van der Waals surface area contributed by atoms with E-state index in [9.17, 15) is 9.59 Å². The van der Waals surface area contributed by atoms with Crippen LogP contribution in [0.3, 0.4) is 0 Å². The lowest BCUT2D eigenvalue weighted by Crippen LogP contribution is -2.25. The number of Topliss-reactive ketones (excluding diaryl/α,β-unsaturated/α-hetero) is 1. The fourth-order valence-electron chi connectivity index (χ4n) is 1.57. The first kappa shape index (κ1) is 10.6. The van der Waals surface area contributed by atoms with Gasteiger partial charge in [-0.2, -0.15) is 0 Å². The van der Waals surface area contributed by atoms with Crippen molar-refractivity contribution in [1.29, 1.82) is 0 Å². The Morgan fingerprint density at radius 2 is 2.25 bits per heavy atom. The molecule has 2 rings (SSSR count). The molecule has 5 heteroatoms. The Hall–Kier alpha value is -1.91. The van der Waals surface area contributed by atoms with E-state index in [1.54, 1.807) is 12.1 Å². The average Bonchev–Trinajstić information content (AvgIpc) is 2.63. The van der Waals surface area contributed by atoms with Crippen molar-refractivity contribution in [3.63, 3.8) is 0 Å². The molecular weight excluding hydrogens is 208 g/mol. The van der Waals surface area contributed by atoms with E-state index in [2.05, 4.69) is 4.98 Å². The molecule has 0 unspecified atom stereocenters. The number of rotatable bonds is 2. The number of aryl methyl sites for hydroxylation is 1. The number of cyclic esters (lactones) is 1. The van der Waals surface area contributed by atoms with Gasteiger partial charge in [-0.05, 0) is 24.6 Å². The number of hydrogen-bond acceptors (Lipinski definition) is 4. The Morgan fingerprint density at radius 3 is 2.81 bits per heavy atom. The summed E-state index contributed by atoms with van der Waals surface area (Å²) in [6, 6.07) is 3.46. The van der Waals surface area contributed by atoms with Crippen molar-refractivity contribution in [2.45, 2.75) is 13.8 Å². The zero-order chi connectivity index (χ0) is 11.7. The number of carbonyl (C=O) groups is 2. The van der Waals surface area contributed by atoms with Crippen LogP contribution in [0, 0.1) is 6.92 Å². The topological polar surface area (TPSA) is 59.5 Å². The van der Waals surface area contributed by atoms with Crippen LogP contribution in [-0.2, 0) is 4.74 Å². The Bertz CT molecular complexity index is 457. The normalized spacial score (nSPS) is 15.1. The van der Waals surface area contributed by atoms with Crippen LogP contribution in [0.1, 0.15) is 23.0 Å². The number of ether oxygens (including phenoxy) is 1. The highest BCUT2D eigenvalue weighted by Gasteiger charge is 2.25. The van der Waals surface area contributed by atoms with E-state index in [0.29, 0.717) is 24.7 Å². The summed E-state index contributed by atoms with van der Waals surface area (Å²) in [5.74, 6) is 0.366. The summed E-state index contributed by atoms with van der Waals surface area (Å²) >= 11 is 0. The molecule has 84 valence electrons. The van der Waals surface area contributed by atoms with Crippen molar-refractivity contribution in [3.05, 3.63) is 23.4 Å². The standard InChI is InChI=1S/C11H12N2O3/c1-7-5-9(8(2)14)12-10(6-7)13-3-4-16-11(13)15/h5-6H,3-4H2,1-2H3. The summed E-state index contributed by atoms with van der Waals surface area (Å²) in [6.45, 7) is 4.16. The second kappa shape index (κ2) is 3.92. The van der Waals surface area contributed by atoms with Gasteiger partial charge in [0.25, 0.3) is 0 Å². The molecule has 0 aromatic carbocycles. The first-order valence-corrected chi connectivity index (χ1v) is 5.02. The minimum absolute atomic E-state index is 0.113. The van der Waals surface area contributed by atoms with E-state index in [0.717, 1.165) is 5.56 Å². The van der Waals surface area contributed by atoms with Crippen LogP contribution in [-0.4, -0.2) is 30.0 Å². The summed E-state index contributed by atoms with van der Waals surface area (Å²) < 4.78 is 4.82. The molecule has 1 amide bonds. The number of carbonyl (C=O) groups excluding carboxylic acids is 2. The van der Waals surface area contributed by atoms with Gasteiger partial charge >= 0.3 is 6.09 Å². The highest BCUT2D eigenvalue weighted by atomic mass is 16.6. The van der Waals surface area contributed by atoms with Gasteiger partial charge in [-0.3, -0.25) is 9.69 Å². The lowest BCUT2D eigenvalue weighted by Gasteiger charge is -2.12. The first-order valence-electron chi connectivity index (χ1n) is 5.02. The Balaban J connectivity index is 2.40. The number of hydrogen-bond donors (Lipinski definition) is 0. The third-order valence-corrected chi connectivity index (χ3v) is 2.35. The largest absolute Gasteiger partial charge is 0.447 e. The first-order chi connectivity index (χ1) is 7.58. The number of anilines is 1. The molecule has 16 heavy (non-hydrogen) atoms. The van der Waals surface area contributed by atoms with E-state index in [4.69, 9.17) is 4.74 Å². The number of amides is 1. The van der Waals surface area contributed by atoms with Gasteiger partial charge in [-0.25, -0.2) is 9.78 Å². The average molecular weight is 220 g/mol. The van der Waals surface area contributed by atoms with Gasteiger partial charge in [0.1, 0.15) is 18.1 Å². The predicted molar refractivity (Wildman–Crippen MR) is 57.7 cm³/mol. The summed E-state index contributed by atoms with van der Waals surface area (Å²) in [7, 11) is 0. The number of pyridine rings is 1. The van der Waals surface area contributed by atoms with Crippen molar-refractivity contribution in [1.82, 2.24) is 4.98 Å². The SMILES string of the molecule is CC(=O)c1cc(C)cc(N2CCOC2=O)n1. The van der Waals surface area contributed by atoms with Crippen LogP contribution in [0.5, 0.6) is 0 Å². The molecule has 1 saturated heterocycles. The maximum absolute atomic E-state index is 11.3. The summed E-state index contributed by atoms with van der Waals surface area (Å²) in [5.41, 5.74) is 1.27. The van der Waals surface area contributed by atoms with Crippen LogP contribution >= 0.6 is 0 Å². The highest BCUT2D eigenvalue weighted by molar-refractivity contribution is 5.94. The smallest absolute Gasteiger partial charge is 0.415 e. The third kappa shape index (κ3) is 1.88. The number of nitrogens with zero attached hydrogens (tertiary/aromatic N) is 2. The Labute approximate surface area is 93.0 Å². The lowest BCUT2D eigenvalue weighted by atomic mass is 10.2. The van der Waals surface area contributed by atoms with Crippen LogP contribution in [0.15, 0.2) is 12.1 Å². The van der Waals surface area contributed by atoms with Gasteiger partial charge in [0.15, 0.2) is 5.78 Å². The molecule has 0 spiro atoms. The fourth-order valence-corrected chi connectivity index (χ4v) is 1.57. The molecule has 0 aliphatic carbocycles. The van der Waals surface area contributed by atoms with Gasteiger partial charge in [0.05, 0.1) is 6.54 Å². The van der Waals surface area contributed by atoms with E-state index in [1.165, 1.54) is 11.8 Å². The summed E-state index contributed by atoms with van der Waals surface area (Å²) in [6.07, 6.45) is -0.410. The second-order valence-corrected chi connectivity index (χ2v) is 3.71. The molecule has 0 bridgehead atoms. The molecule has 0 radical (unpaired) electrons. The molecule has 1 aromatic heterocycles. The minimum atomic E-state index is -0.410. The maximum Gasteiger partial charge on any atom is 0.415 e. The van der Waals surface area contributed by atoms with Crippen molar-refractivity contribution in [2.75, 3.05) is 18.1 Å². The molecule has 1 aliphatic heterocycles. The predicted octanol–water partition coefficient (Wildman–Crippen LogP) is 1.55. The fraction of sp³-hybridized carbons (Fsp3) is 0.364. The molecule has 2 heterocycles. The van der Waals surface area contributed by atoms with Crippen molar-refractivity contribution < 1.29 is 14.3 Å². The van der Waals surface area contributed by atoms with Gasteiger partial charge in [0.2, 0.25) is 0 Å². The van der Waals surface area contributed by atoms with Crippen LogP contribution in [0.4, 0.5) is 10.6 Å². The van der Waals surface area contributed by atoms with E-state index in [-0.39, 0.29) is 5.78 Å². The molecule has 1 aliphatic rings. The Morgan fingerprint density at radius 1 is 1.50 bits per heavy atom. The van der Waals surface area contributed by atoms with Crippen molar-refractivity contribution in [3.8, 4) is 0 Å². The molecule has 5 nitrogen and oxygen atoms in total. The van der Waals surface area contributed by atoms with Crippen molar-refractivity contribution >= 4 is 17.7 Å². The van der Waals surface area contributed by atoms with E-state index < -0.39 is 6.09 Å².